The maximum atomic E-state index is 12.1. The second-order valence-corrected chi connectivity index (χ2v) is 6.38. The van der Waals surface area contributed by atoms with Crippen molar-refractivity contribution in [2.75, 3.05) is 0 Å². The van der Waals surface area contributed by atoms with Crippen molar-refractivity contribution in [2.45, 2.75) is 33.0 Å². The van der Waals surface area contributed by atoms with Gasteiger partial charge in [-0.05, 0) is 43.5 Å². The van der Waals surface area contributed by atoms with E-state index in [9.17, 15) is 9.90 Å². The molecule has 0 bridgehead atoms. The zero-order valence-electron chi connectivity index (χ0n) is 13.8. The van der Waals surface area contributed by atoms with E-state index in [4.69, 9.17) is 9.15 Å². The molecule has 2 heterocycles. The number of ether oxygens (including phenoxy) is 1. The van der Waals surface area contributed by atoms with Gasteiger partial charge in [-0.3, -0.25) is 0 Å². The Hall–Kier alpha value is -2.59. The molecular formula is C20H18O4. The fraction of sp³-hybridized carbons (Fsp3) is 0.250. The van der Waals surface area contributed by atoms with Gasteiger partial charge >= 0.3 is 5.63 Å². The molecule has 1 aliphatic rings. The molecule has 0 saturated heterocycles. The van der Waals surface area contributed by atoms with Crippen LogP contribution in [0.4, 0.5) is 0 Å². The lowest BCUT2D eigenvalue weighted by molar-refractivity contribution is 0.0680. The van der Waals surface area contributed by atoms with E-state index in [1.165, 1.54) is 6.07 Å². The summed E-state index contributed by atoms with van der Waals surface area (Å²) in [5, 5.41) is 11.5. The lowest BCUT2D eigenvalue weighted by atomic mass is 9.93. The van der Waals surface area contributed by atoms with E-state index >= 15 is 0 Å². The summed E-state index contributed by atoms with van der Waals surface area (Å²) >= 11 is 0. The minimum Gasteiger partial charge on any atom is -0.482 e. The Kier molecular flexibility index (Phi) is 3.25. The van der Waals surface area contributed by atoms with Gasteiger partial charge in [0.1, 0.15) is 17.4 Å². The van der Waals surface area contributed by atoms with Crippen molar-refractivity contribution >= 4 is 11.0 Å². The number of aryl methyl sites for hydroxylation is 3. The van der Waals surface area contributed by atoms with Gasteiger partial charge in [0, 0.05) is 22.6 Å². The highest BCUT2D eigenvalue weighted by molar-refractivity contribution is 5.87. The lowest BCUT2D eigenvalue weighted by Crippen LogP contribution is -2.14. The van der Waals surface area contributed by atoms with Gasteiger partial charge < -0.3 is 14.3 Å². The zero-order valence-corrected chi connectivity index (χ0v) is 13.8. The monoisotopic (exact) mass is 322 g/mol. The van der Waals surface area contributed by atoms with Crippen LogP contribution in [0.3, 0.4) is 0 Å². The Morgan fingerprint density at radius 3 is 2.50 bits per heavy atom. The molecular weight excluding hydrogens is 304 g/mol. The molecule has 4 nitrogen and oxygen atoms in total. The summed E-state index contributed by atoms with van der Waals surface area (Å²) in [6.45, 7) is 5.91. The van der Waals surface area contributed by atoms with Gasteiger partial charge in [-0.15, -0.1) is 0 Å². The second kappa shape index (κ2) is 5.21. The third-order valence-corrected chi connectivity index (χ3v) is 4.84. The number of rotatable bonds is 1. The first-order chi connectivity index (χ1) is 11.5. The minimum atomic E-state index is -0.813. The van der Waals surface area contributed by atoms with Crippen molar-refractivity contribution in [1.29, 1.82) is 0 Å². The molecule has 0 fully saturated rings. The van der Waals surface area contributed by atoms with E-state index in [-0.39, 0.29) is 0 Å². The Morgan fingerprint density at radius 2 is 1.75 bits per heavy atom. The number of hydrogen-bond donors (Lipinski definition) is 1. The molecule has 24 heavy (non-hydrogen) atoms. The highest BCUT2D eigenvalue weighted by Crippen LogP contribution is 2.46. The number of benzene rings is 2. The van der Waals surface area contributed by atoms with Gasteiger partial charge in [0.25, 0.3) is 0 Å². The summed E-state index contributed by atoms with van der Waals surface area (Å²) in [6.07, 6.45) is -1.43. The maximum absolute atomic E-state index is 12.1. The van der Waals surface area contributed by atoms with Crippen molar-refractivity contribution in [3.63, 3.8) is 0 Å². The van der Waals surface area contributed by atoms with Crippen LogP contribution in [0.2, 0.25) is 0 Å². The Balaban J connectivity index is 1.99. The smallest absolute Gasteiger partial charge is 0.336 e. The van der Waals surface area contributed by atoms with Gasteiger partial charge in [0.2, 0.25) is 0 Å². The van der Waals surface area contributed by atoms with E-state index in [2.05, 4.69) is 6.07 Å². The van der Waals surface area contributed by atoms with Crippen molar-refractivity contribution < 1.29 is 14.3 Å². The predicted octanol–water partition coefficient (Wildman–Crippen LogP) is 3.89. The highest BCUT2D eigenvalue weighted by atomic mass is 16.5. The van der Waals surface area contributed by atoms with Crippen LogP contribution in [-0.4, -0.2) is 5.11 Å². The van der Waals surface area contributed by atoms with Crippen LogP contribution in [0.25, 0.3) is 11.0 Å². The number of fused-ring (bicyclic) bond motifs is 2. The largest absolute Gasteiger partial charge is 0.482 e. The molecule has 0 saturated carbocycles. The van der Waals surface area contributed by atoms with E-state index in [1.54, 1.807) is 0 Å². The average molecular weight is 322 g/mol. The molecule has 122 valence electrons. The van der Waals surface area contributed by atoms with E-state index < -0.39 is 17.8 Å². The van der Waals surface area contributed by atoms with Crippen LogP contribution in [0.1, 0.15) is 40.0 Å². The summed E-state index contributed by atoms with van der Waals surface area (Å²) in [7, 11) is 0. The molecule has 0 aliphatic carbocycles. The van der Waals surface area contributed by atoms with Crippen LogP contribution in [0.5, 0.6) is 5.75 Å². The molecule has 1 aliphatic heterocycles. The van der Waals surface area contributed by atoms with Crippen LogP contribution in [0, 0.1) is 20.8 Å². The Labute approximate surface area is 139 Å². The van der Waals surface area contributed by atoms with Gasteiger partial charge in [0.05, 0.1) is 0 Å². The molecule has 0 radical (unpaired) electrons. The number of hydrogen-bond acceptors (Lipinski definition) is 4. The molecule has 2 aromatic carbocycles. The van der Waals surface area contributed by atoms with Crippen molar-refractivity contribution in [3.05, 3.63) is 74.6 Å². The summed E-state index contributed by atoms with van der Waals surface area (Å²) in [6, 6.07) is 10.9. The van der Waals surface area contributed by atoms with Crippen LogP contribution in [0.15, 0.2) is 45.6 Å². The molecule has 4 rings (SSSR count). The van der Waals surface area contributed by atoms with Crippen molar-refractivity contribution in [2.24, 2.45) is 0 Å². The molecule has 1 aromatic heterocycles. The van der Waals surface area contributed by atoms with E-state index in [0.29, 0.717) is 16.9 Å². The number of aliphatic hydroxyl groups is 1. The predicted molar refractivity (Wildman–Crippen MR) is 91.5 cm³/mol. The number of aliphatic hydroxyl groups excluding tert-OH is 1. The molecule has 0 unspecified atom stereocenters. The SMILES string of the molecule is Cc1cc(C)c2c([C@@H]3Oc4ccccc4[C@@H]3O)cc(=O)oc2c1C. The molecule has 0 spiro atoms. The highest BCUT2D eigenvalue weighted by Gasteiger charge is 2.35. The average Bonchev–Trinajstić information content (AvgIpc) is 2.89. The van der Waals surface area contributed by atoms with Gasteiger partial charge in [0.15, 0.2) is 6.10 Å². The van der Waals surface area contributed by atoms with Crippen molar-refractivity contribution in [1.82, 2.24) is 0 Å². The molecule has 1 N–H and O–H groups in total. The van der Waals surface area contributed by atoms with Crippen molar-refractivity contribution in [3.8, 4) is 5.75 Å². The Morgan fingerprint density at radius 1 is 1.00 bits per heavy atom. The molecule has 2 atom stereocenters. The summed E-state index contributed by atoms with van der Waals surface area (Å²) in [5.74, 6) is 0.651. The van der Waals surface area contributed by atoms with Gasteiger partial charge in [-0.2, -0.15) is 0 Å². The first-order valence-corrected chi connectivity index (χ1v) is 7.95. The fourth-order valence-corrected chi connectivity index (χ4v) is 3.52. The fourth-order valence-electron chi connectivity index (χ4n) is 3.52. The zero-order chi connectivity index (χ0) is 17.0. The number of para-hydroxylation sites is 1. The first kappa shape index (κ1) is 15.0. The van der Waals surface area contributed by atoms with Gasteiger partial charge in [-0.1, -0.05) is 24.3 Å². The third-order valence-electron chi connectivity index (χ3n) is 4.84. The quantitative estimate of drug-likeness (QED) is 0.691. The second-order valence-electron chi connectivity index (χ2n) is 6.38. The summed E-state index contributed by atoms with van der Waals surface area (Å²) in [4.78, 5) is 12.1. The van der Waals surface area contributed by atoms with Crippen LogP contribution < -0.4 is 10.4 Å². The standard InChI is InChI=1S/C20H18O4/c1-10-8-11(2)17-14(9-16(21)24-19(17)12(10)3)20-18(22)13-6-4-5-7-15(13)23-20/h4-9,18,20,22H,1-3H3/t18-,20-/m0/s1. The lowest BCUT2D eigenvalue weighted by Gasteiger charge is -2.19. The Bertz CT molecular complexity index is 1020. The first-order valence-electron chi connectivity index (χ1n) is 7.95. The summed E-state index contributed by atoms with van der Waals surface area (Å²) < 4.78 is 11.4. The normalized spacial score (nSPS) is 19.3. The van der Waals surface area contributed by atoms with E-state index in [1.807, 2.05) is 45.0 Å². The van der Waals surface area contributed by atoms with Crippen LogP contribution >= 0.6 is 0 Å². The van der Waals surface area contributed by atoms with Gasteiger partial charge in [-0.25, -0.2) is 4.79 Å². The summed E-state index contributed by atoms with van der Waals surface area (Å²) in [5.41, 5.74) is 4.55. The molecule has 3 aromatic rings. The topological polar surface area (TPSA) is 59.7 Å². The van der Waals surface area contributed by atoms with Crippen LogP contribution in [-0.2, 0) is 0 Å². The minimum absolute atomic E-state index is 0.433. The molecule has 4 heteroatoms. The van der Waals surface area contributed by atoms with E-state index in [0.717, 1.165) is 27.6 Å². The maximum Gasteiger partial charge on any atom is 0.336 e. The molecule has 0 amide bonds. The third kappa shape index (κ3) is 2.07.